The first kappa shape index (κ1) is 30.2. The van der Waals surface area contributed by atoms with E-state index in [-0.39, 0.29) is 18.7 Å². The summed E-state index contributed by atoms with van der Waals surface area (Å²) in [5.41, 5.74) is 0.239. The molecule has 0 spiro atoms. The van der Waals surface area contributed by atoms with Crippen LogP contribution >= 0.6 is 0 Å². The van der Waals surface area contributed by atoms with E-state index in [4.69, 9.17) is 0 Å². The third-order valence-corrected chi connectivity index (χ3v) is 8.55. The Balaban J connectivity index is 1.54. The van der Waals surface area contributed by atoms with Gasteiger partial charge in [0.05, 0.1) is 5.92 Å². The first-order valence-corrected chi connectivity index (χ1v) is 14.6. The van der Waals surface area contributed by atoms with E-state index in [0.717, 1.165) is 37.3 Å². The Kier molecular flexibility index (Phi) is 10.2. The molecule has 2 aromatic rings. The smallest absolute Gasteiger partial charge is 0.310 e. The lowest BCUT2D eigenvalue weighted by atomic mass is 9.67. The predicted molar refractivity (Wildman–Crippen MR) is 153 cm³/mol. The number of aryl methyl sites for hydroxylation is 2. The van der Waals surface area contributed by atoms with Gasteiger partial charge in [-0.05, 0) is 62.5 Å². The maximum Gasteiger partial charge on any atom is 0.310 e. The number of amides is 3. The van der Waals surface area contributed by atoms with Gasteiger partial charge in [0.25, 0.3) is 5.91 Å². The normalized spacial score (nSPS) is 22.0. The Morgan fingerprint density at radius 1 is 0.902 bits per heavy atom. The molecule has 2 unspecified atom stereocenters. The molecule has 41 heavy (non-hydrogen) atoms. The van der Waals surface area contributed by atoms with Crippen LogP contribution in [-0.2, 0) is 32.0 Å². The number of piperidine rings is 2. The van der Waals surface area contributed by atoms with Gasteiger partial charge in [-0.2, -0.15) is 0 Å². The lowest BCUT2D eigenvalue weighted by molar-refractivity contribution is -0.222. The number of nitrogens with zero attached hydrogens (tertiary/aromatic N) is 3. The van der Waals surface area contributed by atoms with Gasteiger partial charge >= 0.3 is 5.97 Å². The summed E-state index contributed by atoms with van der Waals surface area (Å²) in [6.07, 6.45) is 4.13. The number of carbonyl (C=O) groups is 4. The zero-order valence-electron chi connectivity index (χ0n) is 23.8. The number of likely N-dealkylation sites (tertiary alicyclic amines) is 2. The maximum absolute atomic E-state index is 14.1. The number of hydrogen-bond acceptors (Lipinski definition) is 5. The molecule has 0 bridgehead atoms. The predicted octanol–water partition coefficient (Wildman–Crippen LogP) is 3.79. The molecule has 2 N–H and O–H groups in total. The first-order chi connectivity index (χ1) is 19.8. The molecule has 0 aliphatic carbocycles. The summed E-state index contributed by atoms with van der Waals surface area (Å²) in [7, 11) is 0. The van der Waals surface area contributed by atoms with Crippen molar-refractivity contribution < 1.29 is 29.5 Å². The molecule has 2 aliphatic rings. The third kappa shape index (κ3) is 6.78. The SMILES string of the molecule is CC(=O)N(O)[C@]1(C(C(=O)O)C2CCCN(CCCc3ccccc3)C2=O)CCCN(CCCc2ccccc2)C1=O. The molecule has 4 rings (SSSR count). The molecular formula is C32H41N3O6. The average Bonchev–Trinajstić information content (AvgIpc) is 2.97. The van der Waals surface area contributed by atoms with Crippen LogP contribution in [0.25, 0.3) is 0 Å². The lowest BCUT2D eigenvalue weighted by Crippen LogP contribution is -2.70. The fraction of sp³-hybridized carbons (Fsp3) is 0.500. The van der Waals surface area contributed by atoms with Crippen LogP contribution in [0.5, 0.6) is 0 Å². The second-order valence-corrected chi connectivity index (χ2v) is 11.2. The minimum absolute atomic E-state index is 0.0220. The summed E-state index contributed by atoms with van der Waals surface area (Å²) < 4.78 is 0. The number of aliphatic carboxylic acids is 1. The number of carboxylic acid groups (broad SMARTS) is 1. The molecule has 3 atom stereocenters. The largest absolute Gasteiger partial charge is 0.481 e. The van der Waals surface area contributed by atoms with Crippen LogP contribution in [0.4, 0.5) is 0 Å². The minimum atomic E-state index is -2.05. The zero-order valence-corrected chi connectivity index (χ0v) is 23.8. The van der Waals surface area contributed by atoms with Gasteiger partial charge in [0.1, 0.15) is 5.92 Å². The third-order valence-electron chi connectivity index (χ3n) is 8.55. The van der Waals surface area contributed by atoms with Crippen LogP contribution in [0, 0.1) is 11.8 Å². The number of carboxylic acids is 1. The molecule has 220 valence electrons. The summed E-state index contributed by atoms with van der Waals surface area (Å²) in [5.74, 6) is -5.70. The van der Waals surface area contributed by atoms with Gasteiger partial charge in [-0.15, -0.1) is 0 Å². The quantitative estimate of drug-likeness (QED) is 0.300. The van der Waals surface area contributed by atoms with Gasteiger partial charge in [-0.1, -0.05) is 60.7 Å². The Morgan fingerprint density at radius 2 is 1.44 bits per heavy atom. The van der Waals surface area contributed by atoms with E-state index >= 15 is 0 Å². The van der Waals surface area contributed by atoms with Crippen LogP contribution in [-0.4, -0.2) is 80.6 Å². The highest BCUT2D eigenvalue weighted by Gasteiger charge is 2.61. The molecule has 2 aliphatic heterocycles. The number of hydrogen-bond donors (Lipinski definition) is 2. The molecule has 2 fully saturated rings. The van der Waals surface area contributed by atoms with Crippen molar-refractivity contribution in [3.63, 3.8) is 0 Å². The Labute approximate surface area is 241 Å². The van der Waals surface area contributed by atoms with Crippen LogP contribution in [0.1, 0.15) is 56.6 Å². The van der Waals surface area contributed by atoms with E-state index in [2.05, 4.69) is 0 Å². The van der Waals surface area contributed by atoms with Gasteiger partial charge < -0.3 is 14.9 Å². The highest BCUT2D eigenvalue weighted by Crippen LogP contribution is 2.42. The van der Waals surface area contributed by atoms with Crippen molar-refractivity contribution in [2.24, 2.45) is 11.8 Å². The Morgan fingerprint density at radius 3 is 1.98 bits per heavy atom. The fourth-order valence-electron chi connectivity index (χ4n) is 6.58. The molecule has 0 aromatic heterocycles. The monoisotopic (exact) mass is 563 g/mol. The summed E-state index contributed by atoms with van der Waals surface area (Å²) in [4.78, 5) is 56.6. The summed E-state index contributed by atoms with van der Waals surface area (Å²) in [6, 6.07) is 19.8. The van der Waals surface area contributed by atoms with E-state index < -0.39 is 35.2 Å². The summed E-state index contributed by atoms with van der Waals surface area (Å²) >= 11 is 0. The molecule has 3 amide bonds. The van der Waals surface area contributed by atoms with Crippen molar-refractivity contribution in [2.45, 2.75) is 63.8 Å². The summed E-state index contributed by atoms with van der Waals surface area (Å²) in [5, 5.41) is 22.0. The molecular weight excluding hydrogens is 522 g/mol. The van der Waals surface area contributed by atoms with Gasteiger partial charge in [-0.3, -0.25) is 24.4 Å². The molecule has 0 saturated carbocycles. The lowest BCUT2D eigenvalue weighted by Gasteiger charge is -2.50. The van der Waals surface area contributed by atoms with Crippen molar-refractivity contribution in [2.75, 3.05) is 26.2 Å². The van der Waals surface area contributed by atoms with Crippen molar-refractivity contribution >= 4 is 23.7 Å². The van der Waals surface area contributed by atoms with Gasteiger partial charge in [0.2, 0.25) is 11.8 Å². The number of carbonyl (C=O) groups excluding carboxylic acids is 3. The molecule has 0 radical (unpaired) electrons. The zero-order chi connectivity index (χ0) is 29.4. The molecule has 2 saturated heterocycles. The van der Waals surface area contributed by atoms with Crippen LogP contribution in [0.2, 0.25) is 0 Å². The van der Waals surface area contributed by atoms with Gasteiger partial charge in [0, 0.05) is 33.1 Å². The van der Waals surface area contributed by atoms with Gasteiger partial charge in [-0.25, -0.2) is 5.06 Å². The maximum atomic E-state index is 14.1. The van der Waals surface area contributed by atoms with Crippen LogP contribution in [0.3, 0.4) is 0 Å². The van der Waals surface area contributed by atoms with Crippen molar-refractivity contribution in [1.82, 2.24) is 14.9 Å². The van der Waals surface area contributed by atoms with E-state index in [1.807, 2.05) is 60.7 Å². The molecule has 9 heteroatoms. The Bertz CT molecular complexity index is 1210. The second-order valence-electron chi connectivity index (χ2n) is 11.2. The van der Waals surface area contributed by atoms with E-state index in [9.17, 15) is 29.5 Å². The van der Waals surface area contributed by atoms with Crippen LogP contribution in [0.15, 0.2) is 60.7 Å². The highest BCUT2D eigenvalue weighted by atomic mass is 16.5. The first-order valence-electron chi connectivity index (χ1n) is 14.6. The minimum Gasteiger partial charge on any atom is -0.481 e. The highest BCUT2D eigenvalue weighted by molar-refractivity contribution is 5.98. The van der Waals surface area contributed by atoms with Gasteiger partial charge in [0.15, 0.2) is 5.54 Å². The second kappa shape index (κ2) is 13.8. The Hall–Kier alpha value is -3.72. The topological polar surface area (TPSA) is 118 Å². The average molecular weight is 564 g/mol. The molecule has 2 aromatic carbocycles. The number of benzene rings is 2. The van der Waals surface area contributed by atoms with E-state index in [1.165, 1.54) is 0 Å². The van der Waals surface area contributed by atoms with Crippen molar-refractivity contribution in [1.29, 1.82) is 0 Å². The fourth-order valence-corrected chi connectivity index (χ4v) is 6.58. The van der Waals surface area contributed by atoms with Crippen molar-refractivity contribution in [3.8, 4) is 0 Å². The number of hydroxylamine groups is 2. The number of rotatable bonds is 12. The van der Waals surface area contributed by atoms with E-state index in [0.29, 0.717) is 50.5 Å². The van der Waals surface area contributed by atoms with E-state index in [1.54, 1.807) is 9.80 Å². The standard InChI is InChI=1S/C32H41N3O6/c1-24(36)35(41)32(19-11-23-34(31(32)40)22-9-17-26-14-6-3-7-15-26)28(30(38)39)27-18-10-21-33(29(27)37)20-8-16-25-12-4-2-5-13-25/h2-7,12-15,27-28,41H,8-11,16-23H2,1H3,(H,38,39)/t27?,28?,32-/m0/s1. The molecule has 2 heterocycles. The molecule has 9 nitrogen and oxygen atoms in total. The van der Waals surface area contributed by atoms with Crippen LogP contribution < -0.4 is 0 Å². The summed E-state index contributed by atoms with van der Waals surface area (Å²) in [6.45, 7) is 2.85. The van der Waals surface area contributed by atoms with Crippen molar-refractivity contribution in [3.05, 3.63) is 71.8 Å².